The molecule has 0 aromatic heterocycles. The maximum Gasteiger partial charge on any atom is 0.107 e. The van der Waals surface area contributed by atoms with Crippen molar-refractivity contribution in [3.05, 3.63) is 9.39 Å². The Bertz CT molecular complexity index is 141. The number of hydrogen-bond donors (Lipinski definition) is 0. The Morgan fingerprint density at radius 2 is 2.25 bits per heavy atom. The van der Waals surface area contributed by atoms with Crippen molar-refractivity contribution in [3.8, 4) is 6.07 Å². The van der Waals surface area contributed by atoms with Gasteiger partial charge in [0.15, 0.2) is 0 Å². The Labute approximate surface area is 61.9 Å². The zero-order valence-corrected chi connectivity index (χ0v) is 7.14. The molecule has 0 unspecified atom stereocenters. The Morgan fingerprint density at radius 1 is 1.75 bits per heavy atom. The van der Waals surface area contributed by atoms with Crippen molar-refractivity contribution in [1.82, 2.24) is 0 Å². The average Bonchev–Trinajstić information content (AvgIpc) is 1.69. The van der Waals surface area contributed by atoms with Gasteiger partial charge in [-0.25, -0.2) is 0 Å². The summed E-state index contributed by atoms with van der Waals surface area (Å²) in [5, 5.41) is 8.34. The number of halogens is 1. The maximum absolute atomic E-state index is 8.34. The first-order valence-corrected chi connectivity index (χ1v) is 4.04. The lowest BCUT2D eigenvalue weighted by atomic mass is 10.6. The Morgan fingerprint density at radius 3 is 2.25 bits per heavy atom. The molecule has 1 nitrogen and oxygen atoms in total. The fourth-order valence-electron chi connectivity index (χ4n) is 0.263. The van der Waals surface area contributed by atoms with Gasteiger partial charge in [-0.2, -0.15) is 5.26 Å². The summed E-state index contributed by atoms with van der Waals surface area (Å²) in [6, 6.07) is 2.05. The molecule has 0 amide bonds. The van der Waals surface area contributed by atoms with E-state index in [4.69, 9.17) is 5.26 Å². The lowest BCUT2D eigenvalue weighted by molar-refractivity contribution is 1.51. The van der Waals surface area contributed by atoms with Crippen LogP contribution in [0.3, 0.4) is 0 Å². The summed E-state index contributed by atoms with van der Waals surface area (Å²) >= 11 is 4.65. The van der Waals surface area contributed by atoms with Crippen LogP contribution in [0.1, 0.15) is 6.92 Å². The SMILES string of the molecule is CS/C(C#N)=C(\C)Br. The quantitative estimate of drug-likeness (QED) is 0.596. The van der Waals surface area contributed by atoms with Crippen LogP contribution in [0.15, 0.2) is 9.39 Å². The fraction of sp³-hybridized carbons (Fsp3) is 0.400. The van der Waals surface area contributed by atoms with Crippen molar-refractivity contribution >= 4 is 27.7 Å². The lowest BCUT2D eigenvalue weighted by Crippen LogP contribution is -1.68. The van der Waals surface area contributed by atoms with Gasteiger partial charge in [0.25, 0.3) is 0 Å². The predicted octanol–water partition coefficient (Wildman–Crippen LogP) is 2.50. The molecule has 0 bridgehead atoms. The smallest absolute Gasteiger partial charge is 0.107 e. The van der Waals surface area contributed by atoms with Crippen LogP contribution in [-0.4, -0.2) is 6.26 Å². The summed E-state index contributed by atoms with van der Waals surface area (Å²) in [5.41, 5.74) is 0. The number of nitrogens with zero attached hydrogens (tertiary/aromatic N) is 1. The zero-order valence-electron chi connectivity index (χ0n) is 4.73. The van der Waals surface area contributed by atoms with Crippen LogP contribution in [0.25, 0.3) is 0 Å². The molecule has 0 aromatic rings. The molecule has 0 N–H and O–H groups in total. The molecule has 3 heteroatoms. The van der Waals surface area contributed by atoms with Gasteiger partial charge >= 0.3 is 0 Å². The highest BCUT2D eigenvalue weighted by Crippen LogP contribution is 2.19. The highest BCUT2D eigenvalue weighted by Gasteiger charge is 1.92. The third kappa shape index (κ3) is 2.39. The van der Waals surface area contributed by atoms with Gasteiger partial charge in [0.05, 0.1) is 4.91 Å². The van der Waals surface area contributed by atoms with Crippen LogP contribution in [0, 0.1) is 11.3 Å². The third-order valence-corrected chi connectivity index (χ3v) is 2.08. The number of hydrogen-bond acceptors (Lipinski definition) is 2. The molecule has 8 heavy (non-hydrogen) atoms. The molecule has 0 fully saturated rings. The van der Waals surface area contributed by atoms with Crippen molar-refractivity contribution in [1.29, 1.82) is 5.26 Å². The first-order valence-electron chi connectivity index (χ1n) is 2.02. The van der Waals surface area contributed by atoms with Crippen LogP contribution < -0.4 is 0 Å². The molecule has 0 aliphatic carbocycles. The van der Waals surface area contributed by atoms with Crippen LogP contribution in [0.5, 0.6) is 0 Å². The summed E-state index contributed by atoms with van der Waals surface area (Å²) in [4.78, 5) is 0.741. The van der Waals surface area contributed by atoms with Gasteiger partial charge < -0.3 is 0 Å². The van der Waals surface area contributed by atoms with Crippen molar-refractivity contribution < 1.29 is 0 Å². The topological polar surface area (TPSA) is 23.8 Å². The minimum atomic E-state index is 0.741. The van der Waals surface area contributed by atoms with E-state index in [-0.39, 0.29) is 0 Å². The molecule has 0 rings (SSSR count). The van der Waals surface area contributed by atoms with Crippen LogP contribution in [0.4, 0.5) is 0 Å². The van der Waals surface area contributed by atoms with Crippen molar-refractivity contribution in [3.63, 3.8) is 0 Å². The minimum Gasteiger partial charge on any atom is -0.192 e. The van der Waals surface area contributed by atoms with E-state index < -0.39 is 0 Å². The van der Waals surface area contributed by atoms with Gasteiger partial charge in [0, 0.05) is 4.48 Å². The Hall–Kier alpha value is 0.0600. The van der Waals surface area contributed by atoms with E-state index in [1.54, 1.807) is 0 Å². The van der Waals surface area contributed by atoms with Gasteiger partial charge in [-0.3, -0.25) is 0 Å². The largest absolute Gasteiger partial charge is 0.192 e. The summed E-state index contributed by atoms with van der Waals surface area (Å²) in [7, 11) is 0. The summed E-state index contributed by atoms with van der Waals surface area (Å²) in [6.07, 6.45) is 1.88. The lowest BCUT2D eigenvalue weighted by Gasteiger charge is -1.88. The second-order valence-electron chi connectivity index (χ2n) is 1.18. The van der Waals surface area contributed by atoms with E-state index >= 15 is 0 Å². The monoisotopic (exact) mass is 191 g/mol. The molecule has 0 saturated heterocycles. The van der Waals surface area contributed by atoms with Gasteiger partial charge in [-0.05, 0) is 13.2 Å². The number of thioether (sulfide) groups is 1. The van der Waals surface area contributed by atoms with Crippen molar-refractivity contribution in [2.24, 2.45) is 0 Å². The summed E-state index contributed by atoms with van der Waals surface area (Å²) in [6.45, 7) is 1.86. The predicted molar refractivity (Wildman–Crippen MR) is 40.8 cm³/mol. The van der Waals surface area contributed by atoms with E-state index in [9.17, 15) is 0 Å². The summed E-state index contributed by atoms with van der Waals surface area (Å²) in [5.74, 6) is 0. The maximum atomic E-state index is 8.34. The van der Waals surface area contributed by atoms with Gasteiger partial charge in [-0.1, -0.05) is 15.9 Å². The van der Waals surface area contributed by atoms with E-state index in [0.717, 1.165) is 9.39 Å². The molecule has 0 aliphatic heterocycles. The average molecular weight is 192 g/mol. The number of rotatable bonds is 1. The summed E-state index contributed by atoms with van der Waals surface area (Å²) < 4.78 is 0.910. The standard InChI is InChI=1S/C5H6BrNS/c1-4(6)5(3-7)8-2/h1-2H3/b5-4+. The fourth-order valence-corrected chi connectivity index (χ4v) is 1.21. The molecule has 0 saturated carbocycles. The molecule has 0 spiro atoms. The molecule has 0 heterocycles. The molecule has 44 valence electrons. The van der Waals surface area contributed by atoms with Gasteiger partial charge in [-0.15, -0.1) is 11.8 Å². The molecule has 0 aliphatic rings. The molecular formula is C5H6BrNS. The molecule has 0 radical (unpaired) electrons. The highest BCUT2D eigenvalue weighted by molar-refractivity contribution is 9.11. The normalized spacial score (nSPS) is 12.2. The molecule has 0 aromatic carbocycles. The van der Waals surface area contributed by atoms with Crippen LogP contribution >= 0.6 is 27.7 Å². The Balaban J connectivity index is 4.15. The second kappa shape index (κ2) is 3.99. The van der Waals surface area contributed by atoms with E-state index in [2.05, 4.69) is 15.9 Å². The van der Waals surface area contributed by atoms with Crippen LogP contribution in [0.2, 0.25) is 0 Å². The Kier molecular flexibility index (Phi) is 4.02. The molecular weight excluding hydrogens is 186 g/mol. The second-order valence-corrected chi connectivity index (χ2v) is 3.18. The zero-order chi connectivity index (χ0) is 6.57. The van der Waals surface area contributed by atoms with E-state index in [1.807, 2.05) is 19.2 Å². The molecule has 0 atom stereocenters. The number of allylic oxidation sites excluding steroid dienone is 2. The van der Waals surface area contributed by atoms with E-state index in [1.165, 1.54) is 11.8 Å². The minimum absolute atomic E-state index is 0.741. The third-order valence-electron chi connectivity index (χ3n) is 0.619. The number of nitriles is 1. The van der Waals surface area contributed by atoms with Crippen molar-refractivity contribution in [2.75, 3.05) is 6.26 Å². The van der Waals surface area contributed by atoms with E-state index in [0.29, 0.717) is 0 Å². The highest BCUT2D eigenvalue weighted by atomic mass is 79.9. The first-order chi connectivity index (χ1) is 3.72. The van der Waals surface area contributed by atoms with Gasteiger partial charge in [0.2, 0.25) is 0 Å². The van der Waals surface area contributed by atoms with Crippen LogP contribution in [-0.2, 0) is 0 Å². The van der Waals surface area contributed by atoms with Crippen molar-refractivity contribution in [2.45, 2.75) is 6.92 Å². The van der Waals surface area contributed by atoms with Gasteiger partial charge in [0.1, 0.15) is 6.07 Å². The first kappa shape index (κ1) is 8.06.